The third-order valence-corrected chi connectivity index (χ3v) is 5.60. The molecule has 114 valence electrons. The van der Waals surface area contributed by atoms with Crippen LogP contribution in [0.1, 0.15) is 19.3 Å². The van der Waals surface area contributed by atoms with Gasteiger partial charge in [0.1, 0.15) is 0 Å². The predicted octanol–water partition coefficient (Wildman–Crippen LogP) is 0.131. The highest BCUT2D eigenvalue weighted by Gasteiger charge is 2.30. The maximum atomic E-state index is 12.3. The molecule has 0 amide bonds. The van der Waals surface area contributed by atoms with Gasteiger partial charge in [-0.15, -0.1) is 0 Å². The number of piperidine rings is 1. The quantitative estimate of drug-likeness (QED) is 0.646. The first-order chi connectivity index (χ1) is 9.02. The second-order valence-electron chi connectivity index (χ2n) is 5.08. The molecule has 0 aliphatic carbocycles. The maximum absolute atomic E-state index is 12.3. The van der Waals surface area contributed by atoms with Gasteiger partial charge in [0.15, 0.2) is 0 Å². The second-order valence-corrected chi connectivity index (χ2v) is 7.11. The van der Waals surface area contributed by atoms with Crippen LogP contribution in [-0.2, 0) is 14.9 Å². The highest BCUT2D eigenvalue weighted by Crippen LogP contribution is 2.20. The molecule has 0 radical (unpaired) electrons. The van der Waals surface area contributed by atoms with Crippen LogP contribution in [0.4, 0.5) is 0 Å². The molecule has 0 aromatic rings. The summed E-state index contributed by atoms with van der Waals surface area (Å²) in [4.78, 5) is 0. The van der Waals surface area contributed by atoms with E-state index in [4.69, 9.17) is 4.74 Å². The van der Waals surface area contributed by atoms with Crippen molar-refractivity contribution in [2.45, 2.75) is 19.3 Å². The van der Waals surface area contributed by atoms with Gasteiger partial charge in [-0.05, 0) is 38.8 Å². The van der Waals surface area contributed by atoms with Gasteiger partial charge in [0.25, 0.3) is 10.2 Å². The molecule has 0 unspecified atom stereocenters. The minimum Gasteiger partial charge on any atom is -0.385 e. The van der Waals surface area contributed by atoms with Gasteiger partial charge in [0.2, 0.25) is 0 Å². The van der Waals surface area contributed by atoms with E-state index in [0.29, 0.717) is 32.2 Å². The van der Waals surface area contributed by atoms with Crippen molar-refractivity contribution in [1.82, 2.24) is 13.9 Å². The Balaban J connectivity index is 2.45. The van der Waals surface area contributed by atoms with Crippen molar-refractivity contribution in [1.29, 1.82) is 0 Å². The van der Waals surface area contributed by atoms with Crippen molar-refractivity contribution in [2.75, 3.05) is 54.0 Å². The van der Waals surface area contributed by atoms with Gasteiger partial charge in [0, 0.05) is 40.4 Å². The first-order valence-electron chi connectivity index (χ1n) is 6.87. The zero-order valence-electron chi connectivity index (χ0n) is 12.3. The van der Waals surface area contributed by atoms with Gasteiger partial charge in [0.05, 0.1) is 0 Å². The van der Waals surface area contributed by atoms with Crippen molar-refractivity contribution >= 4 is 10.2 Å². The van der Waals surface area contributed by atoms with Gasteiger partial charge >= 0.3 is 0 Å². The van der Waals surface area contributed by atoms with Crippen molar-refractivity contribution in [3.63, 3.8) is 0 Å². The molecule has 1 N–H and O–H groups in total. The molecule has 1 aliphatic heterocycles. The van der Waals surface area contributed by atoms with Gasteiger partial charge in [-0.3, -0.25) is 0 Å². The van der Waals surface area contributed by atoms with E-state index < -0.39 is 10.2 Å². The van der Waals surface area contributed by atoms with E-state index >= 15 is 0 Å². The molecule has 0 atom stereocenters. The van der Waals surface area contributed by atoms with Crippen LogP contribution in [0.15, 0.2) is 0 Å². The molecule has 1 heterocycles. The number of nitrogens with zero attached hydrogens (tertiary/aromatic N) is 2. The largest absolute Gasteiger partial charge is 0.385 e. The fraction of sp³-hybridized carbons (Fsp3) is 1.00. The molecule has 0 bridgehead atoms. The Labute approximate surface area is 117 Å². The van der Waals surface area contributed by atoms with Gasteiger partial charge in [-0.2, -0.15) is 17.0 Å². The molecule has 1 saturated heterocycles. The van der Waals surface area contributed by atoms with Crippen LogP contribution >= 0.6 is 0 Å². The molecule has 0 aromatic heterocycles. The van der Waals surface area contributed by atoms with E-state index in [9.17, 15) is 8.42 Å². The Morgan fingerprint density at radius 1 is 1.37 bits per heavy atom. The van der Waals surface area contributed by atoms with E-state index in [2.05, 4.69) is 5.32 Å². The van der Waals surface area contributed by atoms with Gasteiger partial charge in [-0.1, -0.05) is 0 Å². The van der Waals surface area contributed by atoms with Crippen LogP contribution in [0.5, 0.6) is 0 Å². The van der Waals surface area contributed by atoms with E-state index in [0.717, 1.165) is 25.8 Å². The molecule has 0 spiro atoms. The summed E-state index contributed by atoms with van der Waals surface area (Å²) in [7, 11) is 1.92. The van der Waals surface area contributed by atoms with Crippen LogP contribution in [-0.4, -0.2) is 71.0 Å². The Kier molecular flexibility index (Phi) is 7.23. The standard InChI is InChI=1S/C12H27N3O3S/c1-13-11-12-5-8-15(9-6-12)19(16,17)14(2)7-4-10-18-3/h12-13H,4-11H2,1-3H3. The van der Waals surface area contributed by atoms with E-state index in [1.807, 2.05) is 7.05 Å². The van der Waals surface area contributed by atoms with Crippen molar-refractivity contribution in [3.05, 3.63) is 0 Å². The second kappa shape index (κ2) is 8.16. The zero-order valence-corrected chi connectivity index (χ0v) is 13.1. The number of nitrogens with one attached hydrogen (secondary N) is 1. The van der Waals surface area contributed by atoms with Crippen LogP contribution in [0, 0.1) is 5.92 Å². The van der Waals surface area contributed by atoms with Gasteiger partial charge < -0.3 is 10.1 Å². The Hall–Kier alpha value is -0.210. The minimum absolute atomic E-state index is 0.507. The third-order valence-electron chi connectivity index (χ3n) is 3.61. The zero-order chi connectivity index (χ0) is 14.3. The molecule has 19 heavy (non-hydrogen) atoms. The average Bonchev–Trinajstić information content (AvgIpc) is 2.40. The Morgan fingerprint density at radius 3 is 2.53 bits per heavy atom. The fourth-order valence-electron chi connectivity index (χ4n) is 2.38. The molecule has 0 aromatic carbocycles. The topological polar surface area (TPSA) is 61.9 Å². The lowest BCUT2D eigenvalue weighted by molar-refractivity contribution is 0.187. The molecule has 6 nitrogen and oxygen atoms in total. The molecule has 0 saturated carbocycles. The number of ether oxygens (including phenoxy) is 1. The molecular formula is C12H27N3O3S. The normalized spacial score (nSPS) is 19.2. The summed E-state index contributed by atoms with van der Waals surface area (Å²) in [6, 6.07) is 0. The Morgan fingerprint density at radius 2 is 2.00 bits per heavy atom. The summed E-state index contributed by atoms with van der Waals surface area (Å²) in [5, 5.41) is 3.16. The predicted molar refractivity (Wildman–Crippen MR) is 76.3 cm³/mol. The maximum Gasteiger partial charge on any atom is 0.281 e. The summed E-state index contributed by atoms with van der Waals surface area (Å²) in [5.41, 5.74) is 0. The molecule has 1 aliphatic rings. The summed E-state index contributed by atoms with van der Waals surface area (Å²) in [6.07, 6.45) is 2.60. The highest BCUT2D eigenvalue weighted by atomic mass is 32.2. The first-order valence-corrected chi connectivity index (χ1v) is 8.27. The van der Waals surface area contributed by atoms with E-state index in [-0.39, 0.29) is 0 Å². The van der Waals surface area contributed by atoms with Crippen LogP contribution in [0.2, 0.25) is 0 Å². The number of hydrogen-bond donors (Lipinski definition) is 1. The van der Waals surface area contributed by atoms with E-state index in [1.165, 1.54) is 4.31 Å². The fourth-order valence-corrected chi connectivity index (χ4v) is 3.80. The number of rotatable bonds is 8. The smallest absolute Gasteiger partial charge is 0.281 e. The lowest BCUT2D eigenvalue weighted by atomic mass is 9.98. The summed E-state index contributed by atoms with van der Waals surface area (Å²) in [5.74, 6) is 0.593. The highest BCUT2D eigenvalue weighted by molar-refractivity contribution is 7.86. The molecule has 7 heteroatoms. The molecular weight excluding hydrogens is 266 g/mol. The van der Waals surface area contributed by atoms with Crippen LogP contribution in [0.25, 0.3) is 0 Å². The Bertz CT molecular complexity index is 340. The summed E-state index contributed by atoms with van der Waals surface area (Å²) < 4.78 is 32.7. The summed E-state index contributed by atoms with van der Waals surface area (Å²) >= 11 is 0. The molecule has 1 rings (SSSR count). The lowest BCUT2D eigenvalue weighted by Gasteiger charge is -2.33. The summed E-state index contributed by atoms with van der Waals surface area (Å²) in [6.45, 7) is 3.32. The number of methoxy groups -OCH3 is 1. The number of hydrogen-bond acceptors (Lipinski definition) is 4. The van der Waals surface area contributed by atoms with Gasteiger partial charge in [-0.25, -0.2) is 0 Å². The molecule has 1 fully saturated rings. The SMILES string of the molecule is CNCC1CCN(S(=O)(=O)N(C)CCCOC)CC1. The van der Waals surface area contributed by atoms with Crippen molar-refractivity contribution in [3.8, 4) is 0 Å². The van der Waals surface area contributed by atoms with E-state index in [1.54, 1.807) is 18.5 Å². The monoisotopic (exact) mass is 293 g/mol. The van der Waals surface area contributed by atoms with Crippen LogP contribution < -0.4 is 5.32 Å². The first kappa shape index (κ1) is 16.8. The average molecular weight is 293 g/mol. The minimum atomic E-state index is -3.29. The third kappa shape index (κ3) is 5.00. The van der Waals surface area contributed by atoms with Crippen LogP contribution in [0.3, 0.4) is 0 Å². The lowest BCUT2D eigenvalue weighted by Crippen LogP contribution is -2.46. The van der Waals surface area contributed by atoms with Crippen molar-refractivity contribution < 1.29 is 13.2 Å². The van der Waals surface area contributed by atoms with Crippen molar-refractivity contribution in [2.24, 2.45) is 5.92 Å².